The van der Waals surface area contributed by atoms with E-state index in [0.29, 0.717) is 17.0 Å². The maximum Gasteiger partial charge on any atom is 0.308 e. The molecule has 8 nitrogen and oxygen atoms in total. The van der Waals surface area contributed by atoms with Gasteiger partial charge in [-0.1, -0.05) is 43.7 Å². The first-order valence-corrected chi connectivity index (χ1v) is 12.8. The molecule has 3 aromatic rings. The van der Waals surface area contributed by atoms with Crippen LogP contribution in [0.25, 0.3) is 0 Å². The van der Waals surface area contributed by atoms with E-state index in [4.69, 9.17) is 4.74 Å². The van der Waals surface area contributed by atoms with E-state index in [-0.39, 0.29) is 10.8 Å². The van der Waals surface area contributed by atoms with Crippen LogP contribution in [0.5, 0.6) is 5.75 Å². The number of nitrogens with one attached hydrogen (secondary N) is 1. The molecule has 0 aliphatic carbocycles. The summed E-state index contributed by atoms with van der Waals surface area (Å²) >= 11 is 0. The molecule has 0 aliphatic heterocycles. The van der Waals surface area contributed by atoms with Crippen LogP contribution in [0.1, 0.15) is 43.4 Å². The van der Waals surface area contributed by atoms with E-state index < -0.39 is 28.4 Å². The molecule has 188 valence electrons. The summed E-state index contributed by atoms with van der Waals surface area (Å²) in [5, 5.41) is 3.93. The number of aryl methyl sites for hydroxylation is 1. The molecule has 1 amide bonds. The van der Waals surface area contributed by atoms with Gasteiger partial charge >= 0.3 is 5.97 Å². The van der Waals surface area contributed by atoms with Gasteiger partial charge in [-0.3, -0.25) is 13.9 Å². The predicted molar refractivity (Wildman–Crippen MR) is 140 cm³/mol. The van der Waals surface area contributed by atoms with Gasteiger partial charge in [-0.2, -0.15) is 5.10 Å². The van der Waals surface area contributed by atoms with Gasteiger partial charge in [-0.05, 0) is 72.5 Å². The topological polar surface area (TPSA) is 105 Å². The Hall–Kier alpha value is -3.98. The van der Waals surface area contributed by atoms with Gasteiger partial charge < -0.3 is 4.74 Å². The highest BCUT2D eigenvalue weighted by molar-refractivity contribution is 7.92. The molecule has 0 aliphatic rings. The van der Waals surface area contributed by atoms with Gasteiger partial charge in [0, 0.05) is 6.92 Å². The van der Waals surface area contributed by atoms with Crippen LogP contribution in [0.3, 0.4) is 0 Å². The lowest BCUT2D eigenvalue weighted by molar-refractivity contribution is -0.131. The summed E-state index contributed by atoms with van der Waals surface area (Å²) in [6.45, 7) is 6.82. The third-order valence-corrected chi connectivity index (χ3v) is 7.08. The van der Waals surface area contributed by atoms with E-state index in [1.54, 1.807) is 48.5 Å². The molecule has 3 aromatic carbocycles. The average Bonchev–Trinajstić information content (AvgIpc) is 2.83. The Morgan fingerprint density at radius 3 is 2.14 bits per heavy atom. The van der Waals surface area contributed by atoms with Gasteiger partial charge in [-0.15, -0.1) is 0 Å². The molecule has 0 radical (unpaired) electrons. The number of ether oxygens (including phenoxy) is 1. The first kappa shape index (κ1) is 26.6. The van der Waals surface area contributed by atoms with Crippen LogP contribution < -0.4 is 14.5 Å². The summed E-state index contributed by atoms with van der Waals surface area (Å²) in [5.41, 5.74) is 5.39. The lowest BCUT2D eigenvalue weighted by Crippen LogP contribution is -2.39. The van der Waals surface area contributed by atoms with Gasteiger partial charge in [-0.25, -0.2) is 13.8 Å². The van der Waals surface area contributed by atoms with Crippen molar-refractivity contribution in [1.82, 2.24) is 5.43 Å². The molecule has 0 saturated carbocycles. The second-order valence-electron chi connectivity index (χ2n) is 8.53. The van der Waals surface area contributed by atoms with Crippen molar-refractivity contribution < 1.29 is 22.7 Å². The molecule has 0 aromatic heterocycles. The van der Waals surface area contributed by atoms with Gasteiger partial charge in [0.25, 0.3) is 15.9 Å². The second kappa shape index (κ2) is 11.6. The van der Waals surface area contributed by atoms with Gasteiger partial charge in [0.1, 0.15) is 12.3 Å². The molecule has 0 saturated heterocycles. The lowest BCUT2D eigenvalue weighted by atomic mass is 10.0. The number of hydrogen-bond acceptors (Lipinski definition) is 6. The molecule has 0 fully saturated rings. The minimum Gasteiger partial charge on any atom is -0.427 e. The fourth-order valence-electron chi connectivity index (χ4n) is 3.31. The molecule has 0 atom stereocenters. The normalized spacial score (nSPS) is 11.5. The summed E-state index contributed by atoms with van der Waals surface area (Å²) in [7, 11) is -4.01. The SMILES string of the molecule is CC(=O)Oc1ccc(/C=N\NC(=O)CN(c2ccc(C(C)C)cc2)S(=O)(=O)c2ccc(C)cc2)cc1. The lowest BCUT2D eigenvalue weighted by Gasteiger charge is -2.24. The second-order valence-corrected chi connectivity index (χ2v) is 10.4. The Morgan fingerprint density at radius 1 is 0.972 bits per heavy atom. The zero-order chi connectivity index (χ0) is 26.3. The first-order valence-electron chi connectivity index (χ1n) is 11.4. The predicted octanol–water partition coefficient (Wildman–Crippen LogP) is 4.39. The van der Waals surface area contributed by atoms with Gasteiger partial charge in [0.2, 0.25) is 0 Å². The Balaban J connectivity index is 1.79. The minimum absolute atomic E-state index is 0.0882. The molecule has 0 unspecified atom stereocenters. The van der Waals surface area contributed by atoms with Crippen molar-refractivity contribution in [2.45, 2.75) is 38.5 Å². The summed E-state index contributed by atoms with van der Waals surface area (Å²) in [6.07, 6.45) is 1.41. The Morgan fingerprint density at radius 2 is 1.58 bits per heavy atom. The van der Waals surface area contributed by atoms with Crippen LogP contribution in [-0.4, -0.2) is 33.1 Å². The van der Waals surface area contributed by atoms with Crippen molar-refractivity contribution in [3.8, 4) is 5.75 Å². The fraction of sp³-hybridized carbons (Fsp3) is 0.222. The number of hydrazone groups is 1. The zero-order valence-corrected chi connectivity index (χ0v) is 21.5. The zero-order valence-electron chi connectivity index (χ0n) is 20.6. The van der Waals surface area contributed by atoms with E-state index in [1.807, 2.05) is 32.9 Å². The highest BCUT2D eigenvalue weighted by Crippen LogP contribution is 2.26. The van der Waals surface area contributed by atoms with Crippen molar-refractivity contribution in [3.05, 3.63) is 89.5 Å². The number of esters is 1. The maximum atomic E-state index is 13.5. The number of anilines is 1. The highest BCUT2D eigenvalue weighted by atomic mass is 32.2. The van der Waals surface area contributed by atoms with E-state index >= 15 is 0 Å². The average molecular weight is 508 g/mol. The highest BCUT2D eigenvalue weighted by Gasteiger charge is 2.27. The van der Waals surface area contributed by atoms with E-state index in [2.05, 4.69) is 10.5 Å². The van der Waals surface area contributed by atoms with Crippen LogP contribution in [0.4, 0.5) is 5.69 Å². The number of rotatable bonds is 9. The van der Waals surface area contributed by atoms with Crippen molar-refractivity contribution in [2.24, 2.45) is 5.10 Å². The van der Waals surface area contributed by atoms with Gasteiger partial charge in [0.05, 0.1) is 16.8 Å². The van der Waals surface area contributed by atoms with E-state index in [0.717, 1.165) is 15.4 Å². The summed E-state index contributed by atoms with van der Waals surface area (Å²) < 4.78 is 33.0. The Bertz CT molecular complexity index is 1330. The molecule has 0 bridgehead atoms. The smallest absolute Gasteiger partial charge is 0.308 e. The Labute approximate surface area is 211 Å². The molecule has 36 heavy (non-hydrogen) atoms. The van der Waals surface area contributed by atoms with Crippen LogP contribution in [-0.2, 0) is 19.6 Å². The molecule has 0 spiro atoms. The summed E-state index contributed by atoms with van der Waals surface area (Å²) in [5.74, 6) is -0.356. The molecule has 0 heterocycles. The van der Waals surface area contributed by atoms with E-state index in [9.17, 15) is 18.0 Å². The first-order chi connectivity index (χ1) is 17.1. The number of amides is 1. The van der Waals surface area contributed by atoms with Crippen LogP contribution in [0, 0.1) is 6.92 Å². The minimum atomic E-state index is -4.01. The standard InChI is InChI=1S/C27H29N3O5S/c1-19(2)23-9-11-24(12-10-23)30(36(33,34)26-15-5-20(3)6-16-26)18-27(32)29-28-17-22-7-13-25(14-8-22)35-21(4)31/h5-17,19H,18H2,1-4H3,(H,29,32)/b28-17-. The molecule has 1 N–H and O–H groups in total. The maximum absolute atomic E-state index is 13.5. The van der Waals surface area contributed by atoms with Crippen molar-refractivity contribution in [2.75, 3.05) is 10.8 Å². The van der Waals surface area contributed by atoms with Crippen molar-refractivity contribution in [1.29, 1.82) is 0 Å². The van der Waals surface area contributed by atoms with Crippen molar-refractivity contribution >= 4 is 33.8 Å². The number of benzene rings is 3. The summed E-state index contributed by atoms with van der Waals surface area (Å²) in [4.78, 5) is 23.8. The molecular weight excluding hydrogens is 478 g/mol. The monoisotopic (exact) mass is 507 g/mol. The molecular formula is C27H29N3O5S. The molecule has 9 heteroatoms. The number of sulfonamides is 1. The number of carbonyl (C=O) groups is 2. The van der Waals surface area contributed by atoms with E-state index in [1.165, 1.54) is 25.3 Å². The van der Waals surface area contributed by atoms with Crippen LogP contribution in [0.15, 0.2) is 82.8 Å². The summed E-state index contributed by atoms with van der Waals surface area (Å²) in [6, 6.07) is 20.1. The number of hydrogen-bond donors (Lipinski definition) is 1. The van der Waals surface area contributed by atoms with Crippen molar-refractivity contribution in [3.63, 3.8) is 0 Å². The number of nitrogens with zero attached hydrogens (tertiary/aromatic N) is 2. The molecule has 3 rings (SSSR count). The van der Waals surface area contributed by atoms with Crippen LogP contribution >= 0.6 is 0 Å². The largest absolute Gasteiger partial charge is 0.427 e. The fourth-order valence-corrected chi connectivity index (χ4v) is 4.73. The van der Waals surface area contributed by atoms with Gasteiger partial charge in [0.15, 0.2) is 0 Å². The quantitative estimate of drug-likeness (QED) is 0.200. The third-order valence-electron chi connectivity index (χ3n) is 5.29. The third kappa shape index (κ3) is 7.02. The Kier molecular flexibility index (Phi) is 8.60. The van der Waals surface area contributed by atoms with Crippen LogP contribution in [0.2, 0.25) is 0 Å². The number of carbonyl (C=O) groups excluding carboxylic acids is 2.